The van der Waals surface area contributed by atoms with E-state index < -0.39 is 0 Å². The molecule has 0 atom stereocenters. The van der Waals surface area contributed by atoms with Crippen molar-refractivity contribution in [3.8, 4) is 0 Å². The third-order valence-corrected chi connectivity index (χ3v) is 1.71. The highest BCUT2D eigenvalue weighted by Gasteiger charge is 2.02. The minimum Gasteiger partial charge on any atom is -0.348 e. The van der Waals surface area contributed by atoms with Gasteiger partial charge in [0.1, 0.15) is 0 Å². The third kappa shape index (κ3) is 0.922. The molecule has 0 saturated heterocycles. The second-order valence-corrected chi connectivity index (χ2v) is 2.82. The molecule has 0 fully saturated rings. The predicted octanol–water partition coefficient (Wildman–Crippen LogP) is 0.795. The van der Waals surface area contributed by atoms with Crippen molar-refractivity contribution in [3.05, 3.63) is 24.8 Å². The van der Waals surface area contributed by atoms with E-state index >= 15 is 0 Å². The van der Waals surface area contributed by atoms with Crippen molar-refractivity contribution in [2.45, 2.75) is 0 Å². The maximum absolute atomic E-state index is 4.24. The molecule has 0 aromatic carbocycles. The number of anilines is 1. The molecule has 0 unspecified atom stereocenters. The van der Waals surface area contributed by atoms with E-state index in [-0.39, 0.29) is 0 Å². The fraction of sp³-hybridized carbons (Fsp3) is 0.250. The quantitative estimate of drug-likeness (QED) is 0.621. The number of aromatic nitrogens is 3. The largest absolute Gasteiger partial charge is 0.348 e. The fourth-order valence-corrected chi connectivity index (χ4v) is 1.17. The highest BCUT2D eigenvalue weighted by atomic mass is 15.3. The molecule has 0 spiro atoms. The highest BCUT2D eigenvalue weighted by molar-refractivity contribution is 5.50. The summed E-state index contributed by atoms with van der Waals surface area (Å²) in [5.74, 6) is 0.924. The average Bonchev–Trinajstić information content (AvgIpc) is 2.47. The lowest BCUT2D eigenvalue weighted by molar-refractivity contribution is 0.987. The number of rotatable bonds is 1. The molecule has 62 valence electrons. The van der Waals surface area contributed by atoms with Crippen molar-refractivity contribution >= 4 is 11.5 Å². The van der Waals surface area contributed by atoms with Crippen LogP contribution in [0.4, 0.5) is 5.95 Å². The summed E-state index contributed by atoms with van der Waals surface area (Å²) in [6.07, 6.45) is 7.25. The minimum atomic E-state index is 0.924. The first-order chi connectivity index (χ1) is 5.79. The van der Waals surface area contributed by atoms with Crippen LogP contribution in [0.2, 0.25) is 0 Å². The van der Waals surface area contributed by atoms with Gasteiger partial charge >= 0.3 is 0 Å². The summed E-state index contributed by atoms with van der Waals surface area (Å²) in [5.41, 5.74) is 1.02. The number of nitrogens with zero attached hydrogens (tertiary/aromatic N) is 4. The van der Waals surface area contributed by atoms with Crippen LogP contribution in [0.3, 0.4) is 0 Å². The Kier molecular flexibility index (Phi) is 1.46. The molecular weight excluding hydrogens is 152 g/mol. The lowest BCUT2D eigenvalue weighted by Gasteiger charge is -2.09. The van der Waals surface area contributed by atoms with E-state index in [1.165, 1.54) is 0 Å². The summed E-state index contributed by atoms with van der Waals surface area (Å²) in [7, 11) is 3.93. The second kappa shape index (κ2) is 2.48. The first-order valence-corrected chi connectivity index (χ1v) is 3.73. The van der Waals surface area contributed by atoms with Crippen molar-refractivity contribution in [1.82, 2.24) is 14.4 Å². The smallest absolute Gasteiger partial charge is 0.209 e. The highest BCUT2D eigenvalue weighted by Crippen LogP contribution is 2.10. The Balaban J connectivity index is 2.70. The molecule has 0 N–H and O–H groups in total. The van der Waals surface area contributed by atoms with Gasteiger partial charge in [0, 0.05) is 26.5 Å². The maximum atomic E-state index is 4.24. The molecule has 4 heteroatoms. The molecule has 0 amide bonds. The van der Waals surface area contributed by atoms with Gasteiger partial charge in [-0.25, -0.2) is 4.98 Å². The van der Waals surface area contributed by atoms with E-state index in [0.717, 1.165) is 11.5 Å². The van der Waals surface area contributed by atoms with Gasteiger partial charge in [-0.3, -0.25) is 9.38 Å². The van der Waals surface area contributed by atoms with Crippen molar-refractivity contribution in [1.29, 1.82) is 0 Å². The maximum Gasteiger partial charge on any atom is 0.209 e. The van der Waals surface area contributed by atoms with Gasteiger partial charge in [-0.2, -0.15) is 0 Å². The molecule has 0 saturated carbocycles. The van der Waals surface area contributed by atoms with Crippen LogP contribution in [0.5, 0.6) is 0 Å². The summed E-state index contributed by atoms with van der Waals surface area (Å²) in [4.78, 5) is 10.2. The average molecular weight is 162 g/mol. The van der Waals surface area contributed by atoms with E-state index in [1.54, 1.807) is 12.4 Å². The minimum absolute atomic E-state index is 0.924. The van der Waals surface area contributed by atoms with Gasteiger partial charge in [-0.1, -0.05) is 0 Å². The summed E-state index contributed by atoms with van der Waals surface area (Å²) in [5, 5.41) is 0. The van der Waals surface area contributed by atoms with E-state index in [0.29, 0.717) is 0 Å². The Morgan fingerprint density at radius 1 is 1.33 bits per heavy atom. The van der Waals surface area contributed by atoms with Crippen LogP contribution in [0.25, 0.3) is 5.52 Å². The van der Waals surface area contributed by atoms with Crippen LogP contribution in [-0.4, -0.2) is 28.5 Å². The molecule has 2 aromatic heterocycles. The van der Waals surface area contributed by atoms with Crippen LogP contribution >= 0.6 is 0 Å². The van der Waals surface area contributed by atoms with E-state index in [4.69, 9.17) is 0 Å². The molecule has 0 aliphatic rings. The van der Waals surface area contributed by atoms with Crippen LogP contribution in [0.15, 0.2) is 24.8 Å². The van der Waals surface area contributed by atoms with Gasteiger partial charge in [-0.15, -0.1) is 0 Å². The number of imidazole rings is 1. The summed E-state index contributed by atoms with van der Waals surface area (Å²) in [6.45, 7) is 0. The van der Waals surface area contributed by atoms with Gasteiger partial charge in [0.15, 0.2) is 0 Å². The fourth-order valence-electron chi connectivity index (χ4n) is 1.17. The van der Waals surface area contributed by atoms with Gasteiger partial charge in [-0.05, 0) is 0 Å². The standard InChI is InChI=1S/C8H10N4/c1-11(2)8-10-6-7-5-9-3-4-12(7)8/h3-6H,1-2H3. The Morgan fingerprint density at radius 2 is 2.17 bits per heavy atom. The Labute approximate surface area is 70.5 Å². The summed E-state index contributed by atoms with van der Waals surface area (Å²) < 4.78 is 1.99. The van der Waals surface area contributed by atoms with Crippen LogP contribution in [0, 0.1) is 0 Å². The van der Waals surface area contributed by atoms with Crippen molar-refractivity contribution in [2.24, 2.45) is 0 Å². The van der Waals surface area contributed by atoms with Crippen LogP contribution < -0.4 is 4.90 Å². The van der Waals surface area contributed by atoms with E-state index in [2.05, 4.69) is 9.97 Å². The van der Waals surface area contributed by atoms with Crippen LogP contribution in [-0.2, 0) is 0 Å². The monoisotopic (exact) mass is 162 g/mol. The molecule has 0 aliphatic carbocycles. The molecule has 0 radical (unpaired) electrons. The summed E-state index contributed by atoms with van der Waals surface area (Å²) >= 11 is 0. The number of fused-ring (bicyclic) bond motifs is 1. The van der Waals surface area contributed by atoms with Crippen molar-refractivity contribution < 1.29 is 0 Å². The molecular formula is C8H10N4. The lowest BCUT2D eigenvalue weighted by atomic mass is 10.6. The Morgan fingerprint density at radius 3 is 2.92 bits per heavy atom. The van der Waals surface area contributed by atoms with Crippen molar-refractivity contribution in [2.75, 3.05) is 19.0 Å². The zero-order valence-electron chi connectivity index (χ0n) is 7.10. The van der Waals surface area contributed by atoms with Gasteiger partial charge in [0.05, 0.1) is 17.9 Å². The third-order valence-electron chi connectivity index (χ3n) is 1.71. The second-order valence-electron chi connectivity index (χ2n) is 2.82. The predicted molar refractivity (Wildman–Crippen MR) is 47.3 cm³/mol. The normalized spacial score (nSPS) is 10.5. The number of hydrogen-bond donors (Lipinski definition) is 0. The molecule has 0 aliphatic heterocycles. The molecule has 2 aromatic rings. The topological polar surface area (TPSA) is 33.4 Å². The van der Waals surface area contributed by atoms with E-state index in [1.807, 2.05) is 35.8 Å². The Bertz CT molecular complexity index is 391. The van der Waals surface area contributed by atoms with Gasteiger partial charge in [0.2, 0.25) is 5.95 Å². The Hall–Kier alpha value is -1.58. The SMILES string of the molecule is CN(C)c1ncc2cnccn12. The molecule has 2 rings (SSSR count). The first kappa shape index (κ1) is 7.09. The molecule has 0 bridgehead atoms. The molecule has 12 heavy (non-hydrogen) atoms. The first-order valence-electron chi connectivity index (χ1n) is 3.73. The molecule has 4 nitrogen and oxygen atoms in total. The molecule has 2 heterocycles. The van der Waals surface area contributed by atoms with E-state index in [9.17, 15) is 0 Å². The van der Waals surface area contributed by atoms with Gasteiger partial charge in [0.25, 0.3) is 0 Å². The summed E-state index contributed by atoms with van der Waals surface area (Å²) in [6, 6.07) is 0. The number of hydrogen-bond acceptors (Lipinski definition) is 3. The van der Waals surface area contributed by atoms with Crippen molar-refractivity contribution in [3.63, 3.8) is 0 Å². The van der Waals surface area contributed by atoms with Crippen LogP contribution in [0.1, 0.15) is 0 Å². The lowest BCUT2D eigenvalue weighted by Crippen LogP contribution is -2.12. The zero-order chi connectivity index (χ0) is 8.55. The zero-order valence-corrected chi connectivity index (χ0v) is 7.10. The van der Waals surface area contributed by atoms with Gasteiger partial charge < -0.3 is 4.90 Å².